The first-order chi connectivity index (χ1) is 8.51. The van der Waals surface area contributed by atoms with Gasteiger partial charge in [0.15, 0.2) is 0 Å². The summed E-state index contributed by atoms with van der Waals surface area (Å²) in [5, 5.41) is 5.62. The monoisotopic (exact) mass is 255 g/mol. The molecular weight excluding hydrogens is 234 g/mol. The topological polar surface area (TPSA) is 70.7 Å². The molecule has 102 valence electrons. The Morgan fingerprint density at radius 3 is 3.06 bits per heavy atom. The molecule has 0 unspecified atom stereocenters. The van der Waals surface area contributed by atoms with Gasteiger partial charge in [-0.1, -0.05) is 0 Å². The fourth-order valence-electron chi connectivity index (χ4n) is 2.36. The molecule has 18 heavy (non-hydrogen) atoms. The van der Waals surface area contributed by atoms with Crippen LogP contribution in [0.3, 0.4) is 0 Å². The molecule has 2 rings (SSSR count). The summed E-state index contributed by atoms with van der Waals surface area (Å²) in [6, 6.07) is -0.189. The van der Waals surface area contributed by atoms with Crippen molar-refractivity contribution in [1.82, 2.24) is 15.5 Å². The van der Waals surface area contributed by atoms with Gasteiger partial charge >= 0.3 is 6.03 Å². The predicted molar refractivity (Wildman–Crippen MR) is 66.2 cm³/mol. The van der Waals surface area contributed by atoms with E-state index in [0.717, 1.165) is 19.4 Å². The van der Waals surface area contributed by atoms with Crippen LogP contribution < -0.4 is 10.6 Å². The minimum atomic E-state index is -0.793. The number of carbonyl (C=O) groups is 2. The summed E-state index contributed by atoms with van der Waals surface area (Å²) in [6.07, 6.45) is 2.16. The van der Waals surface area contributed by atoms with Crippen molar-refractivity contribution in [2.75, 3.05) is 26.2 Å². The lowest BCUT2D eigenvalue weighted by Gasteiger charge is -2.41. The molecule has 3 amide bonds. The minimum absolute atomic E-state index is 0.110. The maximum Gasteiger partial charge on any atom is 0.318 e. The minimum Gasteiger partial charge on any atom is -0.376 e. The van der Waals surface area contributed by atoms with E-state index in [4.69, 9.17) is 4.74 Å². The first-order valence-electron chi connectivity index (χ1n) is 6.47. The van der Waals surface area contributed by atoms with Crippen LogP contribution in [0.15, 0.2) is 0 Å². The van der Waals surface area contributed by atoms with Gasteiger partial charge in [-0.25, -0.2) is 4.79 Å². The SMILES string of the molecule is CC1(C)C(=O)NCCN1C(=O)NC[C@H]1CCCO1. The Bertz CT molecular complexity index is 337. The van der Waals surface area contributed by atoms with E-state index in [1.165, 1.54) is 0 Å². The quantitative estimate of drug-likeness (QED) is 0.734. The van der Waals surface area contributed by atoms with Crippen molar-refractivity contribution in [3.05, 3.63) is 0 Å². The van der Waals surface area contributed by atoms with Gasteiger partial charge in [0.25, 0.3) is 0 Å². The van der Waals surface area contributed by atoms with Gasteiger partial charge in [-0.2, -0.15) is 0 Å². The highest BCUT2D eigenvalue weighted by Gasteiger charge is 2.40. The summed E-state index contributed by atoms with van der Waals surface area (Å²) < 4.78 is 5.45. The van der Waals surface area contributed by atoms with Crippen molar-refractivity contribution in [2.24, 2.45) is 0 Å². The Morgan fingerprint density at radius 2 is 2.39 bits per heavy atom. The first kappa shape index (κ1) is 13.1. The third kappa shape index (κ3) is 2.58. The molecule has 2 saturated heterocycles. The molecule has 0 aromatic rings. The molecule has 0 spiro atoms. The average molecular weight is 255 g/mol. The highest BCUT2D eigenvalue weighted by molar-refractivity contribution is 5.91. The van der Waals surface area contributed by atoms with E-state index in [1.807, 2.05) is 0 Å². The smallest absolute Gasteiger partial charge is 0.318 e. The molecule has 2 aliphatic rings. The molecule has 0 radical (unpaired) electrons. The summed E-state index contributed by atoms with van der Waals surface area (Å²) in [5.74, 6) is -0.110. The molecule has 2 heterocycles. The number of carbonyl (C=O) groups excluding carboxylic acids is 2. The summed E-state index contributed by atoms with van der Waals surface area (Å²) in [5.41, 5.74) is -0.793. The standard InChI is InChI=1S/C12H21N3O3/c1-12(2)10(16)13-5-6-15(12)11(17)14-8-9-4-3-7-18-9/h9H,3-8H2,1-2H3,(H,13,16)(H,14,17)/t9-/m1/s1. The molecule has 0 aromatic heterocycles. The normalized spacial score (nSPS) is 26.9. The number of nitrogens with zero attached hydrogens (tertiary/aromatic N) is 1. The zero-order chi connectivity index (χ0) is 13.2. The van der Waals surface area contributed by atoms with Crippen LogP contribution >= 0.6 is 0 Å². The Kier molecular flexibility index (Phi) is 3.75. The largest absolute Gasteiger partial charge is 0.376 e. The maximum absolute atomic E-state index is 12.1. The second kappa shape index (κ2) is 5.14. The van der Waals surface area contributed by atoms with Crippen molar-refractivity contribution in [2.45, 2.75) is 38.3 Å². The van der Waals surface area contributed by atoms with Gasteiger partial charge in [0.2, 0.25) is 5.91 Å². The maximum atomic E-state index is 12.1. The summed E-state index contributed by atoms with van der Waals surface area (Å²) in [4.78, 5) is 25.4. The fraction of sp³-hybridized carbons (Fsp3) is 0.833. The highest BCUT2D eigenvalue weighted by atomic mass is 16.5. The van der Waals surface area contributed by atoms with Gasteiger partial charge in [-0.3, -0.25) is 4.79 Å². The summed E-state index contributed by atoms with van der Waals surface area (Å²) in [6.45, 7) is 5.86. The lowest BCUT2D eigenvalue weighted by atomic mass is 9.99. The van der Waals surface area contributed by atoms with Crippen molar-refractivity contribution in [3.63, 3.8) is 0 Å². The lowest BCUT2D eigenvalue weighted by Crippen LogP contribution is -2.65. The van der Waals surface area contributed by atoms with E-state index in [2.05, 4.69) is 10.6 Å². The second-order valence-electron chi connectivity index (χ2n) is 5.29. The van der Waals surface area contributed by atoms with Crippen molar-refractivity contribution >= 4 is 11.9 Å². The van der Waals surface area contributed by atoms with E-state index in [0.29, 0.717) is 19.6 Å². The van der Waals surface area contributed by atoms with Crippen LogP contribution in [0, 0.1) is 0 Å². The van der Waals surface area contributed by atoms with Gasteiger partial charge in [0.05, 0.1) is 6.10 Å². The van der Waals surface area contributed by atoms with Crippen molar-refractivity contribution in [1.29, 1.82) is 0 Å². The molecule has 0 aliphatic carbocycles. The summed E-state index contributed by atoms with van der Waals surface area (Å²) in [7, 11) is 0. The predicted octanol–water partition coefficient (Wildman–Crippen LogP) is 0.0854. The van der Waals surface area contributed by atoms with Crippen LogP contribution in [0.5, 0.6) is 0 Å². The van der Waals surface area contributed by atoms with Crippen LogP contribution in [-0.4, -0.2) is 54.7 Å². The molecule has 1 atom stereocenters. The fourth-order valence-corrected chi connectivity index (χ4v) is 2.36. The zero-order valence-corrected chi connectivity index (χ0v) is 11.0. The number of hydrogen-bond acceptors (Lipinski definition) is 3. The Hall–Kier alpha value is -1.30. The number of piperazine rings is 1. The molecule has 0 saturated carbocycles. The molecular formula is C12H21N3O3. The van der Waals surface area contributed by atoms with Gasteiger partial charge in [0, 0.05) is 26.2 Å². The van der Waals surface area contributed by atoms with Crippen LogP contribution in [0.2, 0.25) is 0 Å². The highest BCUT2D eigenvalue weighted by Crippen LogP contribution is 2.18. The zero-order valence-electron chi connectivity index (χ0n) is 11.0. The molecule has 0 bridgehead atoms. The number of nitrogens with one attached hydrogen (secondary N) is 2. The molecule has 6 nitrogen and oxygen atoms in total. The number of urea groups is 1. The summed E-state index contributed by atoms with van der Waals surface area (Å²) >= 11 is 0. The Labute approximate surface area is 107 Å². The number of hydrogen-bond donors (Lipinski definition) is 2. The van der Waals surface area contributed by atoms with Gasteiger partial charge < -0.3 is 20.3 Å². The molecule has 2 aliphatic heterocycles. The number of amides is 3. The molecule has 0 aromatic carbocycles. The van der Waals surface area contributed by atoms with Crippen LogP contribution in [0.25, 0.3) is 0 Å². The van der Waals surface area contributed by atoms with E-state index in [-0.39, 0.29) is 18.0 Å². The Balaban J connectivity index is 1.89. The van der Waals surface area contributed by atoms with Crippen LogP contribution in [0.1, 0.15) is 26.7 Å². The molecule has 2 N–H and O–H groups in total. The van der Waals surface area contributed by atoms with Crippen LogP contribution in [-0.2, 0) is 9.53 Å². The lowest BCUT2D eigenvalue weighted by molar-refractivity contribution is -0.132. The van der Waals surface area contributed by atoms with Crippen molar-refractivity contribution in [3.8, 4) is 0 Å². The van der Waals surface area contributed by atoms with E-state index in [9.17, 15) is 9.59 Å². The van der Waals surface area contributed by atoms with Gasteiger partial charge in [-0.15, -0.1) is 0 Å². The third-order valence-electron chi connectivity index (χ3n) is 3.60. The van der Waals surface area contributed by atoms with Gasteiger partial charge in [-0.05, 0) is 26.7 Å². The van der Waals surface area contributed by atoms with E-state index in [1.54, 1.807) is 18.7 Å². The third-order valence-corrected chi connectivity index (χ3v) is 3.60. The van der Waals surface area contributed by atoms with Gasteiger partial charge in [0.1, 0.15) is 5.54 Å². The number of ether oxygens (including phenoxy) is 1. The van der Waals surface area contributed by atoms with Crippen molar-refractivity contribution < 1.29 is 14.3 Å². The first-order valence-corrected chi connectivity index (χ1v) is 6.47. The number of rotatable bonds is 2. The van der Waals surface area contributed by atoms with E-state index < -0.39 is 5.54 Å². The Morgan fingerprint density at radius 1 is 1.61 bits per heavy atom. The van der Waals surface area contributed by atoms with E-state index >= 15 is 0 Å². The van der Waals surface area contributed by atoms with Crippen LogP contribution in [0.4, 0.5) is 4.79 Å². The molecule has 2 fully saturated rings. The average Bonchev–Trinajstić information content (AvgIpc) is 2.82. The molecule has 6 heteroatoms. The second-order valence-corrected chi connectivity index (χ2v) is 5.29.